The molecule has 5 rings (SSSR count). The Balaban J connectivity index is 1.44. The van der Waals surface area contributed by atoms with Crippen LogP contribution in [0.5, 0.6) is 6.01 Å². The number of aryl methyl sites for hydroxylation is 1. The number of ether oxygens (including phenoxy) is 1. The third kappa shape index (κ3) is 5.15. The van der Waals surface area contributed by atoms with Crippen molar-refractivity contribution in [3.8, 4) is 17.4 Å². The number of rotatable bonds is 8. The zero-order valence-corrected chi connectivity index (χ0v) is 20.4. The first-order valence-electron chi connectivity index (χ1n) is 11.9. The summed E-state index contributed by atoms with van der Waals surface area (Å²) in [5, 5.41) is 4.57. The van der Waals surface area contributed by atoms with Crippen molar-refractivity contribution in [1.29, 1.82) is 0 Å². The van der Waals surface area contributed by atoms with Crippen LogP contribution in [0, 0.1) is 12.7 Å². The molecule has 0 spiro atoms. The van der Waals surface area contributed by atoms with Crippen molar-refractivity contribution in [2.75, 3.05) is 46.4 Å². The lowest BCUT2D eigenvalue weighted by atomic mass is 10.2. The van der Waals surface area contributed by atoms with Crippen molar-refractivity contribution >= 4 is 11.2 Å². The molecule has 5 heterocycles. The second kappa shape index (κ2) is 10.0. The maximum atomic E-state index is 14.0. The molecule has 1 aliphatic heterocycles. The topological polar surface area (TPSA) is 90.0 Å². The molecule has 10 nitrogen and oxygen atoms in total. The van der Waals surface area contributed by atoms with Crippen LogP contribution in [-0.2, 0) is 13.1 Å². The zero-order chi connectivity index (χ0) is 24.4. The zero-order valence-electron chi connectivity index (χ0n) is 20.4. The molecule has 0 radical (unpaired) electrons. The van der Waals surface area contributed by atoms with Gasteiger partial charge in [-0.1, -0.05) is 0 Å². The molecule has 0 aromatic carbocycles. The lowest BCUT2D eigenvalue weighted by molar-refractivity contribution is 0.149. The van der Waals surface area contributed by atoms with E-state index in [1.54, 1.807) is 6.20 Å². The molecule has 0 aliphatic carbocycles. The van der Waals surface area contributed by atoms with Gasteiger partial charge < -0.3 is 14.2 Å². The maximum Gasteiger partial charge on any atom is 0.318 e. The van der Waals surface area contributed by atoms with E-state index in [0.717, 1.165) is 44.8 Å². The summed E-state index contributed by atoms with van der Waals surface area (Å²) < 4.78 is 23.5. The molecule has 0 unspecified atom stereocenters. The monoisotopic (exact) mass is 479 g/mol. The van der Waals surface area contributed by atoms with Gasteiger partial charge in [0.2, 0.25) is 0 Å². The Hall–Kier alpha value is -3.44. The van der Waals surface area contributed by atoms with Gasteiger partial charge >= 0.3 is 6.01 Å². The number of hydrogen-bond acceptors (Lipinski definition) is 8. The summed E-state index contributed by atoms with van der Waals surface area (Å²) in [6, 6.07) is 1.72. The molecule has 184 valence electrons. The van der Waals surface area contributed by atoms with Gasteiger partial charge in [-0.3, -0.25) is 14.6 Å². The van der Waals surface area contributed by atoms with Crippen LogP contribution in [0.2, 0.25) is 0 Å². The Bertz CT molecular complexity index is 1310. The molecule has 0 saturated carbocycles. The molecule has 11 heteroatoms. The van der Waals surface area contributed by atoms with Crippen molar-refractivity contribution in [1.82, 2.24) is 44.1 Å². The number of aromatic nitrogens is 7. The van der Waals surface area contributed by atoms with Gasteiger partial charge in [0.25, 0.3) is 0 Å². The molecular formula is C24H30FN9O. The van der Waals surface area contributed by atoms with Gasteiger partial charge in [-0.15, -0.1) is 0 Å². The predicted octanol–water partition coefficient (Wildman–Crippen LogP) is 2.23. The predicted molar refractivity (Wildman–Crippen MR) is 130 cm³/mol. The van der Waals surface area contributed by atoms with Crippen LogP contribution in [0.4, 0.5) is 4.39 Å². The molecule has 1 saturated heterocycles. The molecule has 1 fully saturated rings. The van der Waals surface area contributed by atoms with Crippen LogP contribution in [-0.4, -0.2) is 90.5 Å². The molecular weight excluding hydrogens is 449 g/mol. The van der Waals surface area contributed by atoms with E-state index in [-0.39, 0.29) is 0 Å². The third-order valence-electron chi connectivity index (χ3n) is 6.25. The fraction of sp³-hybridized carbons (Fsp3) is 0.458. The first kappa shape index (κ1) is 23.3. The Labute approximate surface area is 203 Å². The van der Waals surface area contributed by atoms with Crippen LogP contribution in [0.15, 0.2) is 30.9 Å². The summed E-state index contributed by atoms with van der Waals surface area (Å²) in [5.41, 5.74) is 3.55. The molecule has 35 heavy (non-hydrogen) atoms. The quantitative estimate of drug-likeness (QED) is 0.380. The van der Waals surface area contributed by atoms with Gasteiger partial charge in [0, 0.05) is 56.2 Å². The van der Waals surface area contributed by atoms with Gasteiger partial charge in [0.05, 0.1) is 37.8 Å². The number of fused-ring (bicyclic) bond motifs is 1. The van der Waals surface area contributed by atoms with Crippen LogP contribution in [0.1, 0.15) is 18.2 Å². The highest BCUT2D eigenvalue weighted by atomic mass is 19.1. The highest BCUT2D eigenvalue weighted by Gasteiger charge is 2.20. The molecule has 4 aromatic heterocycles. The Morgan fingerprint density at radius 1 is 1.03 bits per heavy atom. The SMILES string of the molecule is CCOc1nc(C)c2nc(-c3cncc(F)c3)n(Cc3cnn(CCN4CCN(C)CC4)c3)c2n1. The molecule has 0 N–H and O–H groups in total. The first-order valence-corrected chi connectivity index (χ1v) is 11.9. The van der Waals surface area contributed by atoms with E-state index >= 15 is 0 Å². The summed E-state index contributed by atoms with van der Waals surface area (Å²) in [5.74, 6) is 0.152. The van der Waals surface area contributed by atoms with E-state index in [1.165, 1.54) is 12.3 Å². The van der Waals surface area contributed by atoms with Crippen molar-refractivity contribution in [3.05, 3.63) is 47.9 Å². The average Bonchev–Trinajstić information content (AvgIpc) is 3.44. The Morgan fingerprint density at radius 2 is 1.86 bits per heavy atom. The lowest BCUT2D eigenvalue weighted by Gasteiger charge is -2.32. The first-order chi connectivity index (χ1) is 17.0. The van der Waals surface area contributed by atoms with Crippen LogP contribution < -0.4 is 4.74 Å². The summed E-state index contributed by atoms with van der Waals surface area (Å²) in [6.45, 7) is 10.8. The third-order valence-corrected chi connectivity index (χ3v) is 6.25. The number of hydrogen-bond donors (Lipinski definition) is 0. The Kier molecular flexibility index (Phi) is 6.69. The number of likely N-dealkylation sites (N-methyl/N-ethyl adjacent to an activating group) is 1. The van der Waals surface area contributed by atoms with Gasteiger partial charge in [0.1, 0.15) is 17.2 Å². The van der Waals surface area contributed by atoms with Crippen LogP contribution in [0.25, 0.3) is 22.6 Å². The Morgan fingerprint density at radius 3 is 2.63 bits per heavy atom. The highest BCUT2D eigenvalue weighted by Crippen LogP contribution is 2.27. The van der Waals surface area contributed by atoms with E-state index in [1.807, 2.05) is 35.5 Å². The van der Waals surface area contributed by atoms with Crippen LogP contribution >= 0.6 is 0 Å². The minimum Gasteiger partial charge on any atom is -0.464 e. The number of halogens is 1. The van der Waals surface area contributed by atoms with Gasteiger partial charge in [0.15, 0.2) is 5.65 Å². The second-order valence-electron chi connectivity index (χ2n) is 8.87. The van der Waals surface area contributed by atoms with Gasteiger partial charge in [-0.25, -0.2) is 9.37 Å². The summed E-state index contributed by atoms with van der Waals surface area (Å²) in [7, 11) is 2.16. The smallest absolute Gasteiger partial charge is 0.318 e. The van der Waals surface area contributed by atoms with Crippen molar-refractivity contribution in [2.24, 2.45) is 0 Å². The number of imidazole rings is 1. The number of piperazine rings is 1. The fourth-order valence-corrected chi connectivity index (χ4v) is 4.32. The second-order valence-corrected chi connectivity index (χ2v) is 8.87. The number of pyridine rings is 1. The summed E-state index contributed by atoms with van der Waals surface area (Å²) in [4.78, 5) is 22.6. The average molecular weight is 480 g/mol. The fourth-order valence-electron chi connectivity index (χ4n) is 4.32. The molecule has 0 atom stereocenters. The van der Waals surface area contributed by atoms with Gasteiger partial charge in [-0.2, -0.15) is 15.1 Å². The minimum absolute atomic E-state index is 0.297. The lowest BCUT2D eigenvalue weighted by Crippen LogP contribution is -2.45. The summed E-state index contributed by atoms with van der Waals surface area (Å²) in [6.07, 6.45) is 6.69. The minimum atomic E-state index is -0.421. The number of nitrogens with zero attached hydrogens (tertiary/aromatic N) is 9. The molecule has 0 bridgehead atoms. The van der Waals surface area contributed by atoms with Crippen molar-refractivity contribution in [3.63, 3.8) is 0 Å². The van der Waals surface area contributed by atoms with Crippen LogP contribution in [0.3, 0.4) is 0 Å². The van der Waals surface area contributed by atoms with Crippen molar-refractivity contribution in [2.45, 2.75) is 26.9 Å². The van der Waals surface area contributed by atoms with Gasteiger partial charge in [-0.05, 0) is 27.0 Å². The van der Waals surface area contributed by atoms with E-state index in [2.05, 4.69) is 36.9 Å². The van der Waals surface area contributed by atoms with Crippen molar-refractivity contribution < 1.29 is 9.13 Å². The largest absolute Gasteiger partial charge is 0.464 e. The van der Waals surface area contributed by atoms with E-state index in [0.29, 0.717) is 47.4 Å². The van der Waals surface area contributed by atoms with E-state index in [9.17, 15) is 4.39 Å². The van der Waals surface area contributed by atoms with E-state index in [4.69, 9.17) is 9.72 Å². The molecule has 1 aliphatic rings. The molecule has 0 amide bonds. The highest BCUT2D eigenvalue weighted by molar-refractivity contribution is 5.79. The normalized spacial score (nSPS) is 15.2. The van der Waals surface area contributed by atoms with E-state index < -0.39 is 5.82 Å². The standard InChI is InChI=1S/C24H30FN9O/c1-4-35-24-28-17(2)21-23(30-24)34(22(29-21)19-11-20(25)14-26-13-19)16-18-12-27-33(15-18)10-9-32-7-5-31(3)6-8-32/h11-15H,4-10,16H2,1-3H3. The molecule has 4 aromatic rings. The maximum absolute atomic E-state index is 14.0. The summed E-state index contributed by atoms with van der Waals surface area (Å²) >= 11 is 0.